The van der Waals surface area contributed by atoms with Crippen molar-refractivity contribution in [3.05, 3.63) is 35.4 Å². The van der Waals surface area contributed by atoms with E-state index in [0.29, 0.717) is 0 Å². The zero-order valence-electron chi connectivity index (χ0n) is 13.4. The Morgan fingerprint density at radius 3 is 2.62 bits per heavy atom. The summed E-state index contributed by atoms with van der Waals surface area (Å²) in [6.45, 7) is 8.38. The van der Waals surface area contributed by atoms with Crippen LogP contribution in [0.1, 0.15) is 44.5 Å². The molecule has 116 valence electrons. The van der Waals surface area contributed by atoms with E-state index in [9.17, 15) is 4.79 Å². The lowest BCUT2D eigenvalue weighted by molar-refractivity contribution is -0.131. The van der Waals surface area contributed by atoms with Crippen molar-refractivity contribution in [1.29, 1.82) is 0 Å². The minimum atomic E-state index is -0.0995. The molecule has 0 spiro atoms. The van der Waals surface area contributed by atoms with Crippen molar-refractivity contribution in [3.63, 3.8) is 0 Å². The van der Waals surface area contributed by atoms with E-state index in [1.165, 1.54) is 11.1 Å². The van der Waals surface area contributed by atoms with Crippen molar-refractivity contribution in [2.45, 2.75) is 52.4 Å². The second-order valence-corrected chi connectivity index (χ2v) is 7.18. The molecule has 0 aromatic heterocycles. The van der Waals surface area contributed by atoms with Gasteiger partial charge in [0.1, 0.15) is 6.17 Å². The summed E-state index contributed by atoms with van der Waals surface area (Å²) in [4.78, 5) is 14.5. The molecule has 21 heavy (non-hydrogen) atoms. The molecule has 0 saturated carbocycles. The van der Waals surface area contributed by atoms with E-state index in [-0.39, 0.29) is 24.2 Å². The largest absolute Gasteiger partial charge is 0.319 e. The van der Waals surface area contributed by atoms with Gasteiger partial charge in [0, 0.05) is 6.04 Å². The number of amides is 1. The topological polar surface area (TPSA) is 32.3 Å². The van der Waals surface area contributed by atoms with Crippen LogP contribution in [-0.4, -0.2) is 34.4 Å². The van der Waals surface area contributed by atoms with Gasteiger partial charge in [0.05, 0.1) is 6.04 Å². The zero-order chi connectivity index (χ0) is 15.4. The summed E-state index contributed by atoms with van der Waals surface area (Å²) in [5, 5.41) is 3.43. The first-order valence-corrected chi connectivity index (χ1v) is 8.92. The first-order valence-electron chi connectivity index (χ1n) is 7.77. The van der Waals surface area contributed by atoms with E-state index in [1.54, 1.807) is 0 Å². The van der Waals surface area contributed by atoms with Gasteiger partial charge < -0.3 is 4.90 Å². The lowest BCUT2D eigenvalue weighted by Crippen LogP contribution is -2.38. The highest BCUT2D eigenvalue weighted by Crippen LogP contribution is 2.29. The van der Waals surface area contributed by atoms with Gasteiger partial charge in [0.15, 0.2) is 0 Å². The molecular weight excluding hydrogens is 280 g/mol. The molecule has 0 aliphatic carbocycles. The van der Waals surface area contributed by atoms with Gasteiger partial charge in [-0.05, 0) is 44.3 Å². The predicted octanol–water partition coefficient (Wildman–Crippen LogP) is 3.35. The smallest absolute Gasteiger partial charge is 0.241 e. The molecule has 1 aliphatic heterocycles. The fourth-order valence-corrected chi connectivity index (χ4v) is 3.55. The third kappa shape index (κ3) is 3.80. The summed E-state index contributed by atoms with van der Waals surface area (Å²) in [5.74, 6) is 2.46. The highest BCUT2D eigenvalue weighted by Gasteiger charge is 2.39. The first-order chi connectivity index (χ1) is 10.0. The van der Waals surface area contributed by atoms with Gasteiger partial charge in [-0.3, -0.25) is 10.1 Å². The molecule has 3 unspecified atom stereocenters. The van der Waals surface area contributed by atoms with Crippen LogP contribution in [-0.2, 0) is 4.79 Å². The van der Waals surface area contributed by atoms with Crippen LogP contribution >= 0.6 is 11.8 Å². The molecular formula is C17H26N2OS. The maximum atomic E-state index is 12.5. The zero-order valence-corrected chi connectivity index (χ0v) is 14.2. The standard InChI is InChI=1S/C17H26N2OS/c1-5-21-11-10-13(3)19-16(18-14(4)17(19)20)15-8-6-12(2)7-9-15/h6-9,13-14,16,18H,5,10-11H2,1-4H3. The van der Waals surface area contributed by atoms with Gasteiger partial charge in [0.2, 0.25) is 5.91 Å². The number of carbonyl (C=O) groups is 1. The van der Waals surface area contributed by atoms with Crippen molar-refractivity contribution in [2.24, 2.45) is 0 Å². The van der Waals surface area contributed by atoms with Crippen LogP contribution in [0.4, 0.5) is 0 Å². The van der Waals surface area contributed by atoms with E-state index >= 15 is 0 Å². The van der Waals surface area contributed by atoms with Crippen molar-refractivity contribution in [3.8, 4) is 0 Å². The van der Waals surface area contributed by atoms with E-state index < -0.39 is 0 Å². The van der Waals surface area contributed by atoms with Crippen molar-refractivity contribution in [1.82, 2.24) is 10.2 Å². The van der Waals surface area contributed by atoms with Gasteiger partial charge in [-0.2, -0.15) is 11.8 Å². The lowest BCUT2D eigenvalue weighted by atomic mass is 10.1. The number of hydrogen-bond acceptors (Lipinski definition) is 3. The number of aryl methyl sites for hydroxylation is 1. The van der Waals surface area contributed by atoms with Gasteiger partial charge in [-0.15, -0.1) is 0 Å². The quantitative estimate of drug-likeness (QED) is 0.818. The number of nitrogens with one attached hydrogen (secondary N) is 1. The summed E-state index contributed by atoms with van der Waals surface area (Å²) >= 11 is 1.94. The Bertz CT molecular complexity index is 474. The molecule has 1 heterocycles. The second kappa shape index (κ2) is 7.32. The molecule has 1 N–H and O–H groups in total. The van der Waals surface area contributed by atoms with Crippen molar-refractivity contribution >= 4 is 17.7 Å². The van der Waals surface area contributed by atoms with Crippen LogP contribution in [0.2, 0.25) is 0 Å². The molecule has 0 bridgehead atoms. The summed E-state index contributed by atoms with van der Waals surface area (Å²) in [5.41, 5.74) is 2.42. The average Bonchev–Trinajstić information content (AvgIpc) is 2.76. The highest BCUT2D eigenvalue weighted by atomic mass is 32.2. The van der Waals surface area contributed by atoms with Gasteiger partial charge in [-0.1, -0.05) is 36.8 Å². The molecule has 1 fully saturated rings. The summed E-state index contributed by atoms with van der Waals surface area (Å²) in [6, 6.07) is 8.64. The number of thioether (sulfide) groups is 1. The highest BCUT2D eigenvalue weighted by molar-refractivity contribution is 7.99. The van der Waals surface area contributed by atoms with E-state index in [0.717, 1.165) is 17.9 Å². The van der Waals surface area contributed by atoms with Crippen molar-refractivity contribution < 1.29 is 4.79 Å². The minimum absolute atomic E-state index is 0.00901. The Morgan fingerprint density at radius 2 is 2.00 bits per heavy atom. The van der Waals surface area contributed by atoms with Crippen LogP contribution in [0.5, 0.6) is 0 Å². The Balaban J connectivity index is 2.14. The van der Waals surface area contributed by atoms with Crippen LogP contribution in [0.25, 0.3) is 0 Å². The average molecular weight is 306 g/mol. The van der Waals surface area contributed by atoms with E-state index in [1.807, 2.05) is 23.6 Å². The maximum Gasteiger partial charge on any atom is 0.241 e. The Labute approximate surface area is 132 Å². The predicted molar refractivity (Wildman–Crippen MR) is 90.4 cm³/mol. The number of rotatable bonds is 6. The number of hydrogen-bond donors (Lipinski definition) is 1. The summed E-state index contributed by atoms with van der Waals surface area (Å²) in [7, 11) is 0. The number of nitrogens with zero attached hydrogens (tertiary/aromatic N) is 1. The molecule has 0 radical (unpaired) electrons. The molecule has 1 aromatic carbocycles. The second-order valence-electron chi connectivity index (χ2n) is 5.78. The minimum Gasteiger partial charge on any atom is -0.319 e. The molecule has 4 heteroatoms. The van der Waals surface area contributed by atoms with E-state index in [4.69, 9.17) is 0 Å². The van der Waals surface area contributed by atoms with Gasteiger partial charge in [0.25, 0.3) is 0 Å². The Hall–Kier alpha value is -1.00. The summed E-state index contributed by atoms with van der Waals surface area (Å²) in [6.07, 6.45) is 1.05. The monoisotopic (exact) mass is 306 g/mol. The third-order valence-corrected chi connectivity index (χ3v) is 5.00. The normalized spacial score (nSPS) is 23.6. The molecule has 1 saturated heterocycles. The first kappa shape index (κ1) is 16.4. The fraction of sp³-hybridized carbons (Fsp3) is 0.588. The molecule has 1 aliphatic rings. The molecule has 3 nitrogen and oxygen atoms in total. The molecule has 1 aromatic rings. The number of carbonyl (C=O) groups excluding carboxylic acids is 1. The maximum absolute atomic E-state index is 12.5. The van der Waals surface area contributed by atoms with Crippen LogP contribution < -0.4 is 5.32 Å². The van der Waals surface area contributed by atoms with Crippen molar-refractivity contribution in [2.75, 3.05) is 11.5 Å². The Kier molecular flexibility index (Phi) is 5.71. The lowest BCUT2D eigenvalue weighted by Gasteiger charge is -2.30. The fourth-order valence-electron chi connectivity index (χ4n) is 2.75. The van der Waals surface area contributed by atoms with Crippen LogP contribution in [0.15, 0.2) is 24.3 Å². The van der Waals surface area contributed by atoms with Gasteiger partial charge in [-0.25, -0.2) is 0 Å². The van der Waals surface area contributed by atoms with Crippen LogP contribution in [0.3, 0.4) is 0 Å². The Morgan fingerprint density at radius 1 is 1.33 bits per heavy atom. The molecule has 3 atom stereocenters. The summed E-state index contributed by atoms with van der Waals surface area (Å²) < 4.78 is 0. The molecule has 1 amide bonds. The van der Waals surface area contributed by atoms with Crippen LogP contribution in [0, 0.1) is 6.92 Å². The number of benzene rings is 1. The SMILES string of the molecule is CCSCCC(C)N1C(=O)C(C)NC1c1ccc(C)cc1. The van der Waals surface area contributed by atoms with E-state index in [2.05, 4.69) is 50.4 Å². The third-order valence-electron chi connectivity index (χ3n) is 4.06. The van der Waals surface area contributed by atoms with Gasteiger partial charge >= 0.3 is 0 Å². The molecule has 2 rings (SSSR count).